The summed E-state index contributed by atoms with van der Waals surface area (Å²) < 4.78 is 5.35. The number of thiocarbonyl (C=S) groups is 1. The van der Waals surface area contributed by atoms with Crippen LogP contribution in [0.2, 0.25) is 0 Å². The summed E-state index contributed by atoms with van der Waals surface area (Å²) in [5.74, 6) is 0.875. The van der Waals surface area contributed by atoms with Gasteiger partial charge in [0, 0.05) is 21.0 Å². The van der Waals surface area contributed by atoms with E-state index in [0.717, 1.165) is 32.4 Å². The highest BCUT2D eigenvalue weighted by Gasteiger charge is 2.12. The van der Waals surface area contributed by atoms with Crippen molar-refractivity contribution in [2.45, 2.75) is 11.8 Å². The van der Waals surface area contributed by atoms with Gasteiger partial charge in [-0.3, -0.25) is 4.79 Å². The van der Waals surface area contributed by atoms with Crippen LogP contribution in [-0.2, 0) is 4.79 Å². The van der Waals surface area contributed by atoms with Crippen molar-refractivity contribution in [2.75, 3.05) is 28.8 Å². The second-order valence-electron chi connectivity index (χ2n) is 7.43. The van der Waals surface area contributed by atoms with Gasteiger partial charge in [0.25, 0.3) is 0 Å². The molecule has 1 heterocycles. The zero-order valence-corrected chi connectivity index (χ0v) is 21.7. The minimum atomic E-state index is -0.102. The minimum Gasteiger partial charge on any atom is -0.495 e. The molecule has 0 aliphatic heterocycles. The topological polar surface area (TPSA) is 75.3 Å². The molecule has 4 aromatic rings. The summed E-state index contributed by atoms with van der Waals surface area (Å²) >= 11 is 8.37. The number of nitrogens with one attached hydrogen (secondary N) is 3. The van der Waals surface area contributed by atoms with E-state index in [4.69, 9.17) is 17.0 Å². The Morgan fingerprint density at radius 3 is 2.57 bits per heavy atom. The summed E-state index contributed by atoms with van der Waals surface area (Å²) in [6.07, 6.45) is 0. The molecule has 0 atom stereocenters. The second kappa shape index (κ2) is 11.8. The third-order valence-corrected chi connectivity index (χ3v) is 6.99. The molecule has 9 heteroatoms. The van der Waals surface area contributed by atoms with Gasteiger partial charge in [-0.05, 0) is 49.5 Å². The number of ether oxygens (including phenoxy) is 1. The Kier molecular flexibility index (Phi) is 8.36. The van der Waals surface area contributed by atoms with E-state index in [0.29, 0.717) is 16.0 Å². The number of hydrogen-bond acceptors (Lipinski definition) is 6. The number of nitrogens with zero attached hydrogens (tertiary/aromatic N) is 1. The Morgan fingerprint density at radius 2 is 1.77 bits per heavy atom. The lowest BCUT2D eigenvalue weighted by Crippen LogP contribution is -2.19. The monoisotopic (exact) mass is 520 g/mol. The van der Waals surface area contributed by atoms with Gasteiger partial charge < -0.3 is 20.7 Å². The lowest BCUT2D eigenvalue weighted by Gasteiger charge is -2.13. The highest BCUT2D eigenvalue weighted by molar-refractivity contribution is 8.00. The van der Waals surface area contributed by atoms with Gasteiger partial charge in [0.1, 0.15) is 5.75 Å². The lowest BCUT2D eigenvalue weighted by atomic mass is 10.1. The first-order chi connectivity index (χ1) is 17.0. The van der Waals surface area contributed by atoms with E-state index in [1.54, 1.807) is 7.11 Å². The summed E-state index contributed by atoms with van der Waals surface area (Å²) in [5.41, 5.74) is 3.54. The maximum absolute atomic E-state index is 12.5. The average molecular weight is 521 g/mol. The van der Waals surface area contributed by atoms with E-state index >= 15 is 0 Å². The fraction of sp³-hybridized carbons (Fsp3) is 0.115. The van der Waals surface area contributed by atoms with Crippen molar-refractivity contribution in [3.63, 3.8) is 0 Å². The van der Waals surface area contributed by atoms with E-state index in [1.807, 2.05) is 85.8 Å². The van der Waals surface area contributed by atoms with Crippen molar-refractivity contribution >= 4 is 62.8 Å². The van der Waals surface area contributed by atoms with Crippen molar-refractivity contribution in [3.8, 4) is 17.0 Å². The van der Waals surface area contributed by atoms with Crippen LogP contribution in [0, 0.1) is 6.92 Å². The predicted molar refractivity (Wildman–Crippen MR) is 151 cm³/mol. The second-order valence-corrected chi connectivity index (χ2v) is 10.1. The van der Waals surface area contributed by atoms with Gasteiger partial charge in [-0.2, -0.15) is 0 Å². The number of thiazole rings is 1. The van der Waals surface area contributed by atoms with Gasteiger partial charge in [0.15, 0.2) is 10.2 Å². The number of aryl methyl sites for hydroxylation is 1. The van der Waals surface area contributed by atoms with Crippen molar-refractivity contribution in [2.24, 2.45) is 0 Å². The van der Waals surface area contributed by atoms with Crippen LogP contribution in [0.1, 0.15) is 4.88 Å². The van der Waals surface area contributed by atoms with Crippen LogP contribution in [0.15, 0.2) is 83.8 Å². The third kappa shape index (κ3) is 6.82. The standard InChI is InChI=1S/C26H24N4O2S3/c1-17-24(18-9-4-3-5-10-18)30-26(35-17)29-23(31)16-34-20-12-8-11-19(15-20)27-25(33)28-21-13-6-7-14-22(21)32-2/h3-15H,16H2,1-2H3,(H2,27,28,33)(H,29,30,31). The molecule has 6 nitrogen and oxygen atoms in total. The number of amides is 1. The molecule has 3 N–H and O–H groups in total. The first-order valence-electron chi connectivity index (χ1n) is 10.8. The minimum absolute atomic E-state index is 0.102. The number of rotatable bonds is 8. The number of thioether (sulfide) groups is 1. The van der Waals surface area contributed by atoms with Crippen molar-refractivity contribution in [1.29, 1.82) is 0 Å². The molecule has 1 aromatic heterocycles. The lowest BCUT2D eigenvalue weighted by molar-refractivity contribution is -0.113. The molecule has 0 radical (unpaired) electrons. The molecule has 1 amide bonds. The molecule has 35 heavy (non-hydrogen) atoms. The zero-order chi connectivity index (χ0) is 24.6. The highest BCUT2D eigenvalue weighted by Crippen LogP contribution is 2.30. The molecule has 0 saturated carbocycles. The Labute approximate surface area is 218 Å². The summed E-state index contributed by atoms with van der Waals surface area (Å²) in [6, 6.07) is 25.3. The number of benzene rings is 3. The Balaban J connectivity index is 1.31. The van der Waals surface area contributed by atoms with Crippen molar-refractivity contribution in [1.82, 2.24) is 4.98 Å². The Bertz CT molecular complexity index is 1330. The van der Waals surface area contributed by atoms with Gasteiger partial charge in [0.05, 0.1) is 24.2 Å². The van der Waals surface area contributed by atoms with Crippen molar-refractivity contribution < 1.29 is 9.53 Å². The Hall–Kier alpha value is -3.40. The van der Waals surface area contributed by atoms with E-state index in [2.05, 4.69) is 20.9 Å². The van der Waals surface area contributed by atoms with Crippen molar-refractivity contribution in [3.05, 3.63) is 83.7 Å². The predicted octanol–water partition coefficient (Wildman–Crippen LogP) is 6.67. The van der Waals surface area contributed by atoms with E-state index in [-0.39, 0.29) is 11.7 Å². The normalized spacial score (nSPS) is 10.5. The number of anilines is 3. The van der Waals surface area contributed by atoms with Gasteiger partial charge in [-0.1, -0.05) is 48.5 Å². The molecular formula is C26H24N4O2S3. The smallest absolute Gasteiger partial charge is 0.236 e. The van der Waals surface area contributed by atoms with Gasteiger partial charge in [-0.25, -0.2) is 4.98 Å². The first kappa shape index (κ1) is 24.7. The van der Waals surface area contributed by atoms with Crippen LogP contribution >= 0.6 is 35.3 Å². The molecule has 0 aliphatic carbocycles. The molecule has 0 saturated heterocycles. The molecule has 0 bridgehead atoms. The van der Waals surface area contributed by atoms with E-state index < -0.39 is 0 Å². The molecule has 0 fully saturated rings. The van der Waals surface area contributed by atoms with E-state index in [1.165, 1.54) is 23.1 Å². The van der Waals surface area contributed by atoms with Crippen LogP contribution in [0.25, 0.3) is 11.3 Å². The molecule has 0 spiro atoms. The summed E-state index contributed by atoms with van der Waals surface area (Å²) in [6.45, 7) is 2.01. The summed E-state index contributed by atoms with van der Waals surface area (Å²) in [4.78, 5) is 19.2. The van der Waals surface area contributed by atoms with Crippen LogP contribution < -0.4 is 20.7 Å². The fourth-order valence-corrected chi connectivity index (χ4v) is 5.15. The summed E-state index contributed by atoms with van der Waals surface area (Å²) in [7, 11) is 1.62. The maximum Gasteiger partial charge on any atom is 0.236 e. The summed E-state index contributed by atoms with van der Waals surface area (Å²) in [5, 5.41) is 10.3. The van der Waals surface area contributed by atoms with Crippen LogP contribution in [-0.4, -0.2) is 28.9 Å². The molecule has 0 aliphatic rings. The highest BCUT2D eigenvalue weighted by atomic mass is 32.2. The number of aromatic nitrogens is 1. The SMILES string of the molecule is COc1ccccc1NC(=S)Nc1cccc(SCC(=O)Nc2nc(-c3ccccc3)c(C)s2)c1. The van der Waals surface area contributed by atoms with Gasteiger partial charge >= 0.3 is 0 Å². The molecule has 4 rings (SSSR count). The molecule has 178 valence electrons. The Morgan fingerprint density at radius 1 is 1.00 bits per heavy atom. The van der Waals surface area contributed by atoms with Crippen LogP contribution in [0.3, 0.4) is 0 Å². The van der Waals surface area contributed by atoms with Crippen LogP contribution in [0.5, 0.6) is 5.75 Å². The van der Waals surface area contributed by atoms with Gasteiger partial charge in [-0.15, -0.1) is 23.1 Å². The fourth-order valence-electron chi connectivity index (χ4n) is 3.31. The molecular weight excluding hydrogens is 497 g/mol. The largest absolute Gasteiger partial charge is 0.495 e. The third-order valence-electron chi connectivity index (χ3n) is 4.91. The first-order valence-corrected chi connectivity index (χ1v) is 13.0. The van der Waals surface area contributed by atoms with E-state index in [9.17, 15) is 4.79 Å². The average Bonchev–Trinajstić information content (AvgIpc) is 3.23. The quantitative estimate of drug-likeness (QED) is 0.177. The molecule has 3 aromatic carbocycles. The number of para-hydroxylation sites is 2. The zero-order valence-electron chi connectivity index (χ0n) is 19.2. The van der Waals surface area contributed by atoms with Crippen LogP contribution in [0.4, 0.5) is 16.5 Å². The van der Waals surface area contributed by atoms with Gasteiger partial charge in [0.2, 0.25) is 5.91 Å². The molecule has 0 unspecified atom stereocenters. The number of carbonyl (C=O) groups is 1. The number of hydrogen-bond donors (Lipinski definition) is 3. The number of methoxy groups -OCH3 is 1. The number of carbonyl (C=O) groups excluding carboxylic acids is 1. The maximum atomic E-state index is 12.5.